The van der Waals surface area contributed by atoms with Crippen molar-refractivity contribution in [3.63, 3.8) is 0 Å². The lowest BCUT2D eigenvalue weighted by molar-refractivity contribution is 0.263. The molecule has 0 aromatic rings. The van der Waals surface area contributed by atoms with Crippen LogP contribution in [0.5, 0.6) is 0 Å². The van der Waals surface area contributed by atoms with Gasteiger partial charge in [-0.2, -0.15) is 13.5 Å². The Labute approximate surface area is 342 Å². The average Bonchev–Trinajstić information content (AvgIpc) is 3.02. The third kappa shape index (κ3) is 15.6. The quantitative estimate of drug-likeness (QED) is 0.0243. The fourth-order valence-corrected chi connectivity index (χ4v) is 22.0. The van der Waals surface area contributed by atoms with Gasteiger partial charge in [0.25, 0.3) is 0 Å². The zero-order valence-electron chi connectivity index (χ0n) is 37.4. The molecule has 0 fully saturated rings. The van der Waals surface area contributed by atoms with Gasteiger partial charge in [0.1, 0.15) is 0 Å². The lowest BCUT2D eigenvalue weighted by Gasteiger charge is -2.50. The molecule has 16 heteroatoms. The van der Waals surface area contributed by atoms with E-state index in [1.807, 2.05) is 0 Å². The molecule has 1 aliphatic rings. The Morgan fingerprint density at radius 1 is 0.415 bits per heavy atom. The van der Waals surface area contributed by atoms with Gasteiger partial charge >= 0.3 is 0 Å². The minimum absolute atomic E-state index is 0.379. The number of nitrogens with one attached hydrogen (secondary N) is 5. The highest BCUT2D eigenvalue weighted by Crippen LogP contribution is 2.73. The predicted octanol–water partition coefficient (Wildman–Crippen LogP) is 10.6. The fourth-order valence-electron chi connectivity index (χ4n) is 7.56. The highest BCUT2D eigenvalue weighted by molar-refractivity contribution is 14.1. The summed E-state index contributed by atoms with van der Waals surface area (Å²) in [4.78, 5) is 0. The monoisotopic (exact) mass is 921 g/mol. The molecule has 0 radical (unpaired) electrons. The van der Waals surface area contributed by atoms with Gasteiger partial charge in [0, 0.05) is 73.8 Å². The van der Waals surface area contributed by atoms with Crippen molar-refractivity contribution in [2.45, 2.75) is 232 Å². The number of rotatable bonds is 25. The molecule has 9 atom stereocenters. The third-order valence-electron chi connectivity index (χ3n) is 12.3. The van der Waals surface area contributed by atoms with Gasteiger partial charge in [0.15, 0.2) is 7.36 Å². The Bertz CT molecular complexity index is 1220. The highest BCUT2D eigenvalue weighted by Gasteiger charge is 2.48. The smallest absolute Gasteiger partial charge is 0.215 e. The van der Waals surface area contributed by atoms with E-state index < -0.39 is 22.4 Å². The Morgan fingerprint density at radius 3 is 0.830 bits per heavy atom. The summed E-state index contributed by atoms with van der Waals surface area (Å²) in [5.41, 5.74) is 24.8. The standard InChI is InChI=1S/C37H88IN12P3/c1-18-30(9,39)26-34(13,22-5)43-52(44-35(14,23-6)27-31(10,40)19-2)48-51(17,47-38)49-53(50-52,45-36(15,24-7)28-32(11,41)20-3)46-37(16,25-8)29-33(12,42)21-4/h43-47H,18-29,39-42H2,1-17H3. The molecule has 1 aliphatic heterocycles. The Morgan fingerprint density at radius 2 is 0.642 bits per heavy atom. The van der Waals surface area contributed by atoms with Crippen molar-refractivity contribution >= 4 is 45.2 Å². The molecular weight excluding hydrogens is 832 g/mol. The molecule has 0 saturated heterocycles. The zero-order chi connectivity index (χ0) is 41.6. The van der Waals surface area contributed by atoms with Crippen LogP contribution >= 0.6 is 45.2 Å². The summed E-state index contributed by atoms with van der Waals surface area (Å²) >= 11 is 2.27. The number of nitrogens with two attached hydrogens (primary N) is 4. The van der Waals surface area contributed by atoms with Crippen molar-refractivity contribution in [2.75, 3.05) is 6.66 Å². The van der Waals surface area contributed by atoms with Gasteiger partial charge in [-0.15, -0.1) is 0 Å². The summed E-state index contributed by atoms with van der Waals surface area (Å²) in [6.45, 7) is 37.6. The molecule has 0 amide bonds. The molecule has 0 spiro atoms. The van der Waals surface area contributed by atoms with E-state index in [1.54, 1.807) is 0 Å². The van der Waals surface area contributed by atoms with Crippen LogP contribution in [-0.4, -0.2) is 51.0 Å². The van der Waals surface area contributed by atoms with Crippen molar-refractivity contribution in [1.82, 2.24) is 23.6 Å². The third-order valence-corrected chi connectivity index (χ3v) is 25.7. The second-order valence-electron chi connectivity index (χ2n) is 19.3. The van der Waals surface area contributed by atoms with Crippen LogP contribution in [0.3, 0.4) is 0 Å². The molecule has 53 heavy (non-hydrogen) atoms. The molecule has 9 unspecified atom stereocenters. The van der Waals surface area contributed by atoms with Gasteiger partial charge in [-0.05, 0) is 132 Å². The summed E-state index contributed by atoms with van der Waals surface area (Å²) in [6, 6.07) is 0. The first kappa shape index (κ1) is 52.1. The number of halogens is 1. The number of hydrogen-bond acceptors (Lipinski definition) is 12. The maximum Gasteiger partial charge on any atom is 0.215 e. The molecule has 1 heterocycles. The Hall–Kier alpha value is 1.06. The molecule has 12 nitrogen and oxygen atoms in total. The van der Waals surface area contributed by atoms with Crippen LogP contribution in [0, 0.1) is 0 Å². The minimum Gasteiger partial charge on any atom is -0.325 e. The lowest BCUT2D eigenvalue weighted by atomic mass is 9.82. The van der Waals surface area contributed by atoms with E-state index in [9.17, 15) is 0 Å². The van der Waals surface area contributed by atoms with Gasteiger partial charge in [0.05, 0.1) is 0 Å². The summed E-state index contributed by atoms with van der Waals surface area (Å²) in [6.07, 6.45) is 9.85. The van der Waals surface area contributed by atoms with Crippen LogP contribution in [-0.2, 0) is 0 Å². The summed E-state index contributed by atoms with van der Waals surface area (Å²) < 4.78 is 21.3. The van der Waals surface area contributed by atoms with Gasteiger partial charge in [-0.3, -0.25) is 0 Å². The van der Waals surface area contributed by atoms with E-state index >= 15 is 0 Å². The molecule has 0 saturated carbocycles. The Kier molecular flexibility index (Phi) is 18.6. The largest absolute Gasteiger partial charge is 0.325 e. The van der Waals surface area contributed by atoms with Crippen LogP contribution in [0.1, 0.15) is 188 Å². The van der Waals surface area contributed by atoms with Crippen molar-refractivity contribution in [3.05, 3.63) is 0 Å². The minimum atomic E-state index is -3.04. The van der Waals surface area contributed by atoms with Gasteiger partial charge < -0.3 is 22.9 Å². The zero-order valence-corrected chi connectivity index (χ0v) is 42.2. The molecule has 13 N–H and O–H groups in total. The van der Waals surface area contributed by atoms with Crippen molar-refractivity contribution in [2.24, 2.45) is 36.5 Å². The SMILES string of the molecule is CCC(C)(N)CC(C)(CC)NP1(NC(C)(CC)CC(C)(N)CC)=NP(C)(NI)=NP(NC(C)(CC)CC(C)(N)CC)(NC(C)(CC)CC(C)(N)CC)=N1. The number of nitrogens with zero attached hydrogens (tertiary/aromatic N) is 3. The maximum atomic E-state index is 6.97. The van der Waals surface area contributed by atoms with Crippen molar-refractivity contribution in [3.8, 4) is 0 Å². The topological polar surface area (TPSA) is 201 Å². The van der Waals surface area contributed by atoms with Crippen LogP contribution in [0.15, 0.2) is 13.5 Å². The summed E-state index contributed by atoms with van der Waals surface area (Å²) in [5, 5.41) is 16.9. The van der Waals surface area contributed by atoms with Crippen LogP contribution in [0.2, 0.25) is 0 Å². The van der Waals surface area contributed by atoms with Crippen LogP contribution < -0.4 is 46.6 Å². The van der Waals surface area contributed by atoms with E-state index in [1.165, 1.54) is 0 Å². The van der Waals surface area contributed by atoms with E-state index in [2.05, 4.69) is 164 Å². The normalized spacial score (nSPS) is 31.4. The second kappa shape index (κ2) is 19.0. The van der Waals surface area contributed by atoms with Crippen molar-refractivity contribution < 1.29 is 0 Å². The van der Waals surface area contributed by atoms with Crippen LogP contribution in [0.25, 0.3) is 0 Å². The van der Waals surface area contributed by atoms with Gasteiger partial charge in [0.2, 0.25) is 15.0 Å². The summed E-state index contributed by atoms with van der Waals surface area (Å²) in [5.74, 6) is 0. The molecule has 1 rings (SSSR count). The van der Waals surface area contributed by atoms with E-state index in [-0.39, 0.29) is 44.3 Å². The first-order valence-electron chi connectivity index (χ1n) is 20.4. The molecule has 0 bridgehead atoms. The van der Waals surface area contributed by atoms with E-state index in [0.717, 1.165) is 77.0 Å². The van der Waals surface area contributed by atoms with Gasteiger partial charge in [-0.25, -0.2) is 23.6 Å². The average molecular weight is 921 g/mol. The van der Waals surface area contributed by atoms with Crippen molar-refractivity contribution in [1.29, 1.82) is 0 Å². The van der Waals surface area contributed by atoms with E-state index in [4.69, 9.17) is 36.5 Å². The molecule has 0 aliphatic carbocycles. The maximum absolute atomic E-state index is 6.97. The predicted molar refractivity (Wildman–Crippen MR) is 248 cm³/mol. The number of hydrogen-bond donors (Lipinski definition) is 9. The second-order valence-corrected chi connectivity index (χ2v) is 28.2. The molecule has 0 aromatic heterocycles. The first-order chi connectivity index (χ1) is 23.8. The highest BCUT2D eigenvalue weighted by atomic mass is 127. The molecule has 318 valence electrons. The summed E-state index contributed by atoms with van der Waals surface area (Å²) in [7, 11) is -8.67. The van der Waals surface area contributed by atoms with Gasteiger partial charge in [-0.1, -0.05) is 55.4 Å². The fraction of sp³-hybridized carbons (Fsp3) is 1.00. The lowest BCUT2D eigenvalue weighted by Crippen LogP contribution is -2.56. The van der Waals surface area contributed by atoms with Crippen LogP contribution in [0.4, 0.5) is 0 Å². The van der Waals surface area contributed by atoms with E-state index in [0.29, 0.717) is 0 Å². The first-order valence-corrected chi connectivity index (χ1v) is 27.0. The molecule has 0 aromatic carbocycles. The Balaban J connectivity index is 4.62. The molecular formula is C37H88IN12P3.